The van der Waals surface area contributed by atoms with Crippen molar-refractivity contribution in [3.63, 3.8) is 0 Å². The van der Waals surface area contributed by atoms with E-state index in [0.717, 1.165) is 5.56 Å². The van der Waals surface area contributed by atoms with Crippen LogP contribution in [0, 0.1) is 0 Å². The minimum Gasteiger partial charge on any atom is -0.507 e. The molecule has 0 atom stereocenters. The summed E-state index contributed by atoms with van der Waals surface area (Å²) >= 11 is 3.15. The average Bonchev–Trinajstić information content (AvgIpc) is 2.07. The number of halogens is 1. The zero-order valence-corrected chi connectivity index (χ0v) is 7.69. The van der Waals surface area contributed by atoms with Gasteiger partial charge in [-0.2, -0.15) is 0 Å². The average molecular weight is 228 g/mol. The summed E-state index contributed by atoms with van der Waals surface area (Å²) in [4.78, 5) is 2.63. The standard InChI is InChI=1S/C7H6BrN3O/c8-6-3-5(4-10-11-9)1-2-7(6)12/h1-3,12H,4H2. The molecule has 12 heavy (non-hydrogen) atoms. The Morgan fingerprint density at radius 3 is 2.92 bits per heavy atom. The van der Waals surface area contributed by atoms with E-state index in [-0.39, 0.29) is 5.75 Å². The second kappa shape index (κ2) is 3.99. The van der Waals surface area contributed by atoms with E-state index in [1.807, 2.05) is 0 Å². The second-order valence-electron chi connectivity index (χ2n) is 2.17. The Balaban J connectivity index is 2.89. The number of benzene rings is 1. The monoisotopic (exact) mass is 227 g/mol. The first-order valence-electron chi connectivity index (χ1n) is 3.22. The molecule has 0 saturated heterocycles. The number of nitrogens with zero attached hydrogens (tertiary/aromatic N) is 3. The Morgan fingerprint density at radius 2 is 2.33 bits per heavy atom. The van der Waals surface area contributed by atoms with Crippen LogP contribution in [0.1, 0.15) is 5.56 Å². The maximum atomic E-state index is 9.12. The molecule has 0 saturated carbocycles. The van der Waals surface area contributed by atoms with Crippen molar-refractivity contribution in [3.8, 4) is 5.75 Å². The first kappa shape index (κ1) is 8.90. The Kier molecular flexibility index (Phi) is 2.96. The minimum atomic E-state index is 0.180. The van der Waals surface area contributed by atoms with Gasteiger partial charge in [0, 0.05) is 4.91 Å². The maximum absolute atomic E-state index is 9.12. The van der Waals surface area contributed by atoms with Crippen molar-refractivity contribution in [2.45, 2.75) is 6.54 Å². The molecule has 0 radical (unpaired) electrons. The summed E-state index contributed by atoms with van der Waals surface area (Å²) in [6.07, 6.45) is 0. The molecule has 1 rings (SSSR count). The highest BCUT2D eigenvalue weighted by atomic mass is 79.9. The molecule has 0 fully saturated rings. The van der Waals surface area contributed by atoms with Crippen molar-refractivity contribution >= 4 is 15.9 Å². The molecule has 0 amide bonds. The van der Waals surface area contributed by atoms with Gasteiger partial charge in [0.05, 0.1) is 11.0 Å². The predicted molar refractivity (Wildman–Crippen MR) is 48.7 cm³/mol. The lowest BCUT2D eigenvalue weighted by molar-refractivity contribution is 0.471. The zero-order valence-electron chi connectivity index (χ0n) is 6.11. The van der Waals surface area contributed by atoms with E-state index in [9.17, 15) is 0 Å². The van der Waals surface area contributed by atoms with Gasteiger partial charge < -0.3 is 5.11 Å². The third-order valence-electron chi connectivity index (χ3n) is 1.33. The van der Waals surface area contributed by atoms with E-state index < -0.39 is 0 Å². The summed E-state index contributed by atoms with van der Waals surface area (Å²) in [5.74, 6) is 0.180. The highest BCUT2D eigenvalue weighted by Gasteiger charge is 1.97. The number of hydrogen-bond acceptors (Lipinski definition) is 2. The molecule has 0 aliphatic heterocycles. The fraction of sp³-hybridized carbons (Fsp3) is 0.143. The van der Waals surface area contributed by atoms with E-state index in [1.165, 1.54) is 0 Å². The Bertz CT molecular complexity index is 333. The lowest BCUT2D eigenvalue weighted by Gasteiger charge is -1.98. The fourth-order valence-electron chi connectivity index (χ4n) is 0.762. The summed E-state index contributed by atoms with van der Waals surface area (Å²) in [6, 6.07) is 4.96. The zero-order chi connectivity index (χ0) is 8.97. The van der Waals surface area contributed by atoms with Crippen LogP contribution in [0.15, 0.2) is 27.8 Å². The summed E-state index contributed by atoms with van der Waals surface area (Å²) in [6.45, 7) is 0.301. The molecular weight excluding hydrogens is 222 g/mol. The van der Waals surface area contributed by atoms with Gasteiger partial charge in [0.15, 0.2) is 0 Å². The van der Waals surface area contributed by atoms with Crippen LogP contribution in [0.25, 0.3) is 10.4 Å². The molecule has 5 heteroatoms. The molecule has 62 valence electrons. The van der Waals surface area contributed by atoms with Crippen LogP contribution in [-0.4, -0.2) is 5.11 Å². The smallest absolute Gasteiger partial charge is 0.129 e. The fourth-order valence-corrected chi connectivity index (χ4v) is 1.19. The summed E-state index contributed by atoms with van der Waals surface area (Å²) < 4.78 is 0.605. The van der Waals surface area contributed by atoms with Crippen LogP contribution in [0.4, 0.5) is 0 Å². The third-order valence-corrected chi connectivity index (χ3v) is 1.96. The van der Waals surface area contributed by atoms with Crippen molar-refractivity contribution in [1.29, 1.82) is 0 Å². The van der Waals surface area contributed by atoms with E-state index >= 15 is 0 Å². The van der Waals surface area contributed by atoms with E-state index in [4.69, 9.17) is 10.6 Å². The number of azide groups is 1. The van der Waals surface area contributed by atoms with Crippen LogP contribution in [0.2, 0.25) is 0 Å². The molecule has 0 heterocycles. The van der Waals surface area contributed by atoms with Crippen LogP contribution < -0.4 is 0 Å². The highest BCUT2D eigenvalue weighted by molar-refractivity contribution is 9.10. The molecule has 0 unspecified atom stereocenters. The molecule has 0 aliphatic rings. The summed E-state index contributed by atoms with van der Waals surface area (Å²) in [7, 11) is 0. The van der Waals surface area contributed by atoms with Crippen LogP contribution in [0.3, 0.4) is 0 Å². The summed E-state index contributed by atoms with van der Waals surface area (Å²) in [5.41, 5.74) is 8.91. The summed E-state index contributed by atoms with van der Waals surface area (Å²) in [5, 5.41) is 12.5. The SMILES string of the molecule is [N-]=[N+]=NCc1ccc(O)c(Br)c1. The predicted octanol–water partition coefficient (Wildman–Crippen LogP) is 2.97. The quantitative estimate of drug-likeness (QED) is 0.471. The van der Waals surface area contributed by atoms with E-state index in [1.54, 1.807) is 18.2 Å². The number of phenols is 1. The third kappa shape index (κ3) is 2.15. The van der Waals surface area contributed by atoms with Crippen molar-refractivity contribution in [1.82, 2.24) is 0 Å². The lowest BCUT2D eigenvalue weighted by atomic mass is 10.2. The van der Waals surface area contributed by atoms with Crippen molar-refractivity contribution in [2.24, 2.45) is 5.11 Å². The van der Waals surface area contributed by atoms with Gasteiger partial charge in [-0.3, -0.25) is 0 Å². The van der Waals surface area contributed by atoms with Gasteiger partial charge in [-0.1, -0.05) is 11.2 Å². The normalized spacial score (nSPS) is 9.08. The number of aromatic hydroxyl groups is 1. The van der Waals surface area contributed by atoms with Gasteiger partial charge >= 0.3 is 0 Å². The first-order valence-corrected chi connectivity index (χ1v) is 4.01. The molecule has 1 aromatic rings. The molecule has 1 N–H and O–H groups in total. The Hall–Kier alpha value is -1.19. The second-order valence-corrected chi connectivity index (χ2v) is 3.03. The van der Waals surface area contributed by atoms with E-state index in [2.05, 4.69) is 26.0 Å². The van der Waals surface area contributed by atoms with Gasteiger partial charge in [-0.05, 0) is 39.2 Å². The van der Waals surface area contributed by atoms with Gasteiger partial charge in [0.1, 0.15) is 5.75 Å². The molecule has 0 aliphatic carbocycles. The topological polar surface area (TPSA) is 69.0 Å². The van der Waals surface area contributed by atoms with Crippen LogP contribution >= 0.6 is 15.9 Å². The molecular formula is C7H6BrN3O. The number of hydrogen-bond donors (Lipinski definition) is 1. The number of rotatable bonds is 2. The van der Waals surface area contributed by atoms with Gasteiger partial charge in [-0.25, -0.2) is 0 Å². The molecule has 1 aromatic carbocycles. The van der Waals surface area contributed by atoms with Gasteiger partial charge in [0.2, 0.25) is 0 Å². The van der Waals surface area contributed by atoms with Crippen LogP contribution in [0.5, 0.6) is 5.75 Å². The largest absolute Gasteiger partial charge is 0.507 e. The van der Waals surface area contributed by atoms with Gasteiger partial charge in [0.25, 0.3) is 0 Å². The van der Waals surface area contributed by atoms with E-state index in [0.29, 0.717) is 11.0 Å². The Labute approximate surface area is 77.6 Å². The number of phenolic OH excluding ortho intramolecular Hbond substituents is 1. The van der Waals surface area contributed by atoms with Crippen LogP contribution in [-0.2, 0) is 6.54 Å². The molecule has 4 nitrogen and oxygen atoms in total. The Morgan fingerprint density at radius 1 is 1.58 bits per heavy atom. The lowest BCUT2D eigenvalue weighted by Crippen LogP contribution is -1.79. The van der Waals surface area contributed by atoms with Crippen molar-refractivity contribution in [3.05, 3.63) is 38.7 Å². The molecule has 0 aromatic heterocycles. The van der Waals surface area contributed by atoms with Crippen molar-refractivity contribution < 1.29 is 5.11 Å². The van der Waals surface area contributed by atoms with Gasteiger partial charge in [-0.15, -0.1) is 0 Å². The maximum Gasteiger partial charge on any atom is 0.129 e. The minimum absolute atomic E-state index is 0.180. The first-order chi connectivity index (χ1) is 5.74. The molecule has 0 bridgehead atoms. The highest BCUT2D eigenvalue weighted by Crippen LogP contribution is 2.24. The van der Waals surface area contributed by atoms with Crippen molar-refractivity contribution in [2.75, 3.05) is 0 Å². The molecule has 0 spiro atoms.